The quantitative estimate of drug-likeness (QED) is 0.922. The fourth-order valence-electron chi connectivity index (χ4n) is 2.03. The van der Waals surface area contributed by atoms with E-state index in [0.717, 1.165) is 0 Å². The highest BCUT2D eigenvalue weighted by molar-refractivity contribution is 5.67. The molecule has 0 aromatic carbocycles. The number of aromatic nitrogens is 3. The molecule has 8 heteroatoms. The average Bonchev–Trinajstić information content (AvgIpc) is 3.14. The Morgan fingerprint density at radius 3 is 2.83 bits per heavy atom. The number of carbonyl (C=O) groups excluding carboxylic acids is 1. The molecule has 0 saturated heterocycles. The van der Waals surface area contributed by atoms with E-state index in [9.17, 15) is 4.79 Å². The Hall–Kier alpha value is -2.82. The Morgan fingerprint density at radius 2 is 2.25 bits per heavy atom. The maximum atomic E-state index is 12.0. The molecule has 24 heavy (non-hydrogen) atoms. The predicted molar refractivity (Wildman–Crippen MR) is 86.1 cm³/mol. The van der Waals surface area contributed by atoms with Crippen molar-refractivity contribution < 1.29 is 14.1 Å². The number of hydrogen-bond donors (Lipinski definition) is 1. The molecule has 8 nitrogen and oxygen atoms in total. The number of nitrogens with one attached hydrogen (secondary N) is 1. The van der Waals surface area contributed by atoms with E-state index in [1.807, 2.05) is 33.8 Å². The van der Waals surface area contributed by atoms with Crippen LogP contribution in [0.4, 0.5) is 4.79 Å². The van der Waals surface area contributed by atoms with Gasteiger partial charge in [0.2, 0.25) is 0 Å². The molecule has 1 amide bonds. The number of nitrogens with zero attached hydrogens (tertiary/aromatic N) is 4. The summed E-state index contributed by atoms with van der Waals surface area (Å²) in [6.45, 7) is 7.74. The Kier molecular flexibility index (Phi) is 4.93. The highest BCUT2D eigenvalue weighted by Gasteiger charge is 2.23. The van der Waals surface area contributed by atoms with E-state index in [0.29, 0.717) is 29.5 Å². The molecule has 0 unspecified atom stereocenters. The first-order valence-electron chi connectivity index (χ1n) is 7.56. The molecular weight excluding hydrogens is 310 g/mol. The zero-order valence-electron chi connectivity index (χ0n) is 14.5. The first-order chi connectivity index (χ1) is 11.2. The van der Waals surface area contributed by atoms with Crippen LogP contribution in [0.2, 0.25) is 0 Å². The van der Waals surface area contributed by atoms with Gasteiger partial charge in [-0.1, -0.05) is 12.1 Å². The van der Waals surface area contributed by atoms with Gasteiger partial charge in [-0.2, -0.15) is 10.2 Å². The second-order valence-corrected chi connectivity index (χ2v) is 6.63. The first kappa shape index (κ1) is 17.5. The summed E-state index contributed by atoms with van der Waals surface area (Å²) in [6, 6.07) is 3.66. The number of rotatable bonds is 4. The van der Waals surface area contributed by atoms with Crippen molar-refractivity contribution in [2.24, 2.45) is 0 Å². The Balaban J connectivity index is 2.02. The van der Waals surface area contributed by atoms with Gasteiger partial charge in [0.15, 0.2) is 5.82 Å². The molecule has 0 fully saturated rings. The molecule has 1 N–H and O–H groups in total. The zero-order chi connectivity index (χ0) is 17.9. The number of likely N-dealkylation sites (N-methyl/N-ethyl adjacent to an activating group) is 1. The largest absolute Gasteiger partial charge is 0.444 e. The van der Waals surface area contributed by atoms with Crippen LogP contribution in [0.5, 0.6) is 0 Å². The van der Waals surface area contributed by atoms with Crippen molar-refractivity contribution in [3.05, 3.63) is 23.7 Å². The molecule has 0 aliphatic heterocycles. The molecule has 0 radical (unpaired) electrons. The molecule has 0 saturated carbocycles. The lowest BCUT2D eigenvalue weighted by Crippen LogP contribution is -2.36. The standard InChI is InChI=1S/C16H21N5O3/c1-10(9-21(5)15(22)23-16(2,3)4)13-19-14(24-20-13)12-6-11(7-17)8-18-12/h6,8,10,18H,9H2,1-5H3/t10-/m0/s1. The van der Waals surface area contributed by atoms with E-state index < -0.39 is 11.7 Å². The molecular formula is C16H21N5O3. The maximum absolute atomic E-state index is 12.0. The van der Waals surface area contributed by atoms with Crippen LogP contribution < -0.4 is 0 Å². The van der Waals surface area contributed by atoms with Crippen molar-refractivity contribution in [3.8, 4) is 17.7 Å². The fourth-order valence-corrected chi connectivity index (χ4v) is 2.03. The number of ether oxygens (including phenoxy) is 1. The fraction of sp³-hybridized carbons (Fsp3) is 0.500. The lowest BCUT2D eigenvalue weighted by Gasteiger charge is -2.25. The molecule has 1 atom stereocenters. The Bertz CT molecular complexity index is 750. The van der Waals surface area contributed by atoms with E-state index in [1.165, 1.54) is 4.90 Å². The van der Waals surface area contributed by atoms with Crippen LogP contribution in [0.15, 0.2) is 16.8 Å². The third kappa shape index (κ3) is 4.35. The molecule has 2 heterocycles. The van der Waals surface area contributed by atoms with Crippen molar-refractivity contribution in [1.82, 2.24) is 20.0 Å². The SMILES string of the molecule is C[C@@H](CN(C)C(=O)OC(C)(C)C)c1noc(-c2cc(C#N)c[nH]2)n1. The summed E-state index contributed by atoms with van der Waals surface area (Å²) < 4.78 is 10.5. The van der Waals surface area contributed by atoms with Crippen molar-refractivity contribution in [3.63, 3.8) is 0 Å². The smallest absolute Gasteiger partial charge is 0.410 e. The first-order valence-corrected chi connectivity index (χ1v) is 7.56. The molecule has 2 aromatic heterocycles. The van der Waals surface area contributed by atoms with Gasteiger partial charge in [-0.05, 0) is 26.8 Å². The lowest BCUT2D eigenvalue weighted by atomic mass is 10.1. The van der Waals surface area contributed by atoms with Crippen LogP contribution in [0.25, 0.3) is 11.6 Å². The molecule has 0 spiro atoms. The van der Waals surface area contributed by atoms with Gasteiger partial charge in [0, 0.05) is 25.7 Å². The topological polar surface area (TPSA) is 108 Å². The summed E-state index contributed by atoms with van der Waals surface area (Å²) in [4.78, 5) is 20.7. The second kappa shape index (κ2) is 6.74. The number of carbonyl (C=O) groups is 1. The normalized spacial score (nSPS) is 12.5. The van der Waals surface area contributed by atoms with Gasteiger partial charge >= 0.3 is 6.09 Å². The molecule has 128 valence electrons. The predicted octanol–water partition coefficient (Wildman–Crippen LogP) is 2.91. The van der Waals surface area contributed by atoms with E-state index >= 15 is 0 Å². The van der Waals surface area contributed by atoms with Crippen molar-refractivity contribution >= 4 is 6.09 Å². The van der Waals surface area contributed by atoms with Crippen LogP contribution in [-0.2, 0) is 4.74 Å². The summed E-state index contributed by atoms with van der Waals surface area (Å²) in [5, 5.41) is 12.8. The lowest BCUT2D eigenvalue weighted by molar-refractivity contribution is 0.0289. The maximum Gasteiger partial charge on any atom is 0.410 e. The van der Waals surface area contributed by atoms with E-state index in [4.69, 9.17) is 14.5 Å². The molecule has 2 aromatic rings. The minimum Gasteiger partial charge on any atom is -0.444 e. The third-order valence-electron chi connectivity index (χ3n) is 3.18. The zero-order valence-corrected chi connectivity index (χ0v) is 14.5. The van der Waals surface area contributed by atoms with E-state index in [1.54, 1.807) is 19.3 Å². The summed E-state index contributed by atoms with van der Waals surface area (Å²) in [7, 11) is 1.66. The molecule has 0 aliphatic carbocycles. The Morgan fingerprint density at radius 1 is 1.54 bits per heavy atom. The van der Waals surface area contributed by atoms with E-state index in [2.05, 4.69) is 15.1 Å². The van der Waals surface area contributed by atoms with Gasteiger partial charge in [0.1, 0.15) is 17.4 Å². The average molecular weight is 331 g/mol. The van der Waals surface area contributed by atoms with Crippen LogP contribution in [0.3, 0.4) is 0 Å². The van der Waals surface area contributed by atoms with Crippen LogP contribution in [0.1, 0.15) is 45.0 Å². The molecule has 2 rings (SSSR count). The second-order valence-electron chi connectivity index (χ2n) is 6.63. The molecule has 0 bridgehead atoms. The Labute approximate surface area is 140 Å². The van der Waals surface area contributed by atoms with E-state index in [-0.39, 0.29) is 5.92 Å². The van der Waals surface area contributed by atoms with Crippen molar-refractivity contribution in [2.45, 2.75) is 39.2 Å². The van der Waals surface area contributed by atoms with Gasteiger partial charge in [-0.3, -0.25) is 0 Å². The number of hydrogen-bond acceptors (Lipinski definition) is 6. The highest BCUT2D eigenvalue weighted by atomic mass is 16.6. The summed E-state index contributed by atoms with van der Waals surface area (Å²) in [5.74, 6) is 0.650. The number of amides is 1. The van der Waals surface area contributed by atoms with Gasteiger partial charge in [0.05, 0.1) is 5.56 Å². The monoisotopic (exact) mass is 331 g/mol. The van der Waals surface area contributed by atoms with Crippen LogP contribution in [-0.4, -0.2) is 45.3 Å². The number of aromatic amines is 1. The number of H-pyrrole nitrogens is 1. The minimum atomic E-state index is -0.542. The summed E-state index contributed by atoms with van der Waals surface area (Å²) in [6.07, 6.45) is 1.17. The van der Waals surface area contributed by atoms with Gasteiger partial charge < -0.3 is 19.1 Å². The van der Waals surface area contributed by atoms with Crippen molar-refractivity contribution in [1.29, 1.82) is 5.26 Å². The van der Waals surface area contributed by atoms with Crippen LogP contribution in [0, 0.1) is 11.3 Å². The number of nitriles is 1. The summed E-state index contributed by atoms with van der Waals surface area (Å²) >= 11 is 0. The third-order valence-corrected chi connectivity index (χ3v) is 3.18. The molecule has 0 aliphatic rings. The minimum absolute atomic E-state index is 0.134. The summed E-state index contributed by atoms with van der Waals surface area (Å²) in [5.41, 5.74) is 0.528. The van der Waals surface area contributed by atoms with Crippen molar-refractivity contribution in [2.75, 3.05) is 13.6 Å². The van der Waals surface area contributed by atoms with Crippen LogP contribution >= 0.6 is 0 Å². The van der Waals surface area contributed by atoms with Gasteiger partial charge in [0.25, 0.3) is 5.89 Å². The highest BCUT2D eigenvalue weighted by Crippen LogP contribution is 2.21. The van der Waals surface area contributed by atoms with Gasteiger partial charge in [-0.25, -0.2) is 4.79 Å². The van der Waals surface area contributed by atoms with Gasteiger partial charge in [-0.15, -0.1) is 0 Å².